The van der Waals surface area contributed by atoms with Crippen LogP contribution in [-0.4, -0.2) is 39.5 Å². The second kappa shape index (κ2) is 6.64. The van der Waals surface area contributed by atoms with E-state index in [-0.39, 0.29) is 10.9 Å². The van der Waals surface area contributed by atoms with E-state index in [1.807, 2.05) is 7.05 Å². The zero-order valence-corrected chi connectivity index (χ0v) is 14.8. The summed E-state index contributed by atoms with van der Waals surface area (Å²) in [6.45, 7) is 3.18. The fourth-order valence-corrected chi connectivity index (χ4v) is 4.64. The standard InChI is InChI=1S/C14H22BrN3O2S/c1-10-13(16)7-11(15)8-14(10)21(19,20)17-9-12-5-3-4-6-18(12)2/h7-8,12,17H,3-6,9,16H2,1-2H3. The molecule has 118 valence electrons. The van der Waals surface area contributed by atoms with Crippen molar-refractivity contribution in [1.82, 2.24) is 9.62 Å². The monoisotopic (exact) mass is 375 g/mol. The zero-order chi connectivity index (χ0) is 15.6. The Bertz CT molecular complexity index is 619. The number of nitrogens with zero attached hydrogens (tertiary/aromatic N) is 1. The van der Waals surface area contributed by atoms with Gasteiger partial charge in [0.1, 0.15) is 0 Å². The van der Waals surface area contributed by atoms with Gasteiger partial charge in [-0.2, -0.15) is 0 Å². The predicted octanol–water partition coefficient (Wildman–Crippen LogP) is 2.10. The first-order valence-electron chi connectivity index (χ1n) is 7.07. The van der Waals surface area contributed by atoms with E-state index in [0.29, 0.717) is 22.3 Å². The number of benzene rings is 1. The Hall–Kier alpha value is -0.630. The third-order valence-corrected chi connectivity index (χ3v) is 6.09. The lowest BCUT2D eigenvalue weighted by molar-refractivity contribution is 0.187. The Labute approximate surface area is 135 Å². The molecule has 0 radical (unpaired) electrons. The van der Waals surface area contributed by atoms with Gasteiger partial charge in [-0.3, -0.25) is 0 Å². The highest BCUT2D eigenvalue weighted by atomic mass is 79.9. The largest absolute Gasteiger partial charge is 0.398 e. The molecule has 1 aromatic rings. The van der Waals surface area contributed by atoms with Crippen molar-refractivity contribution < 1.29 is 8.42 Å². The van der Waals surface area contributed by atoms with Crippen LogP contribution >= 0.6 is 15.9 Å². The van der Waals surface area contributed by atoms with E-state index in [2.05, 4.69) is 25.6 Å². The molecule has 0 saturated carbocycles. The molecular formula is C14H22BrN3O2S. The summed E-state index contributed by atoms with van der Waals surface area (Å²) in [6.07, 6.45) is 3.36. The number of sulfonamides is 1. The molecule has 1 saturated heterocycles. The molecule has 1 heterocycles. The Kier molecular flexibility index (Phi) is 5.29. The number of likely N-dealkylation sites (N-methyl/N-ethyl adjacent to an activating group) is 1. The molecule has 0 spiro atoms. The van der Waals surface area contributed by atoms with Gasteiger partial charge in [0.15, 0.2) is 0 Å². The maximum absolute atomic E-state index is 12.5. The molecule has 0 amide bonds. The number of likely N-dealkylation sites (tertiary alicyclic amines) is 1. The predicted molar refractivity (Wildman–Crippen MR) is 88.7 cm³/mol. The molecule has 5 nitrogen and oxygen atoms in total. The minimum Gasteiger partial charge on any atom is -0.398 e. The van der Waals surface area contributed by atoms with Gasteiger partial charge in [0, 0.05) is 22.7 Å². The molecule has 1 unspecified atom stereocenters. The molecule has 3 N–H and O–H groups in total. The highest BCUT2D eigenvalue weighted by molar-refractivity contribution is 9.10. The quantitative estimate of drug-likeness (QED) is 0.790. The van der Waals surface area contributed by atoms with E-state index in [9.17, 15) is 8.42 Å². The smallest absolute Gasteiger partial charge is 0.240 e. The van der Waals surface area contributed by atoms with Crippen molar-refractivity contribution in [2.75, 3.05) is 25.9 Å². The molecule has 1 atom stereocenters. The Balaban J connectivity index is 2.15. The summed E-state index contributed by atoms with van der Waals surface area (Å²) < 4.78 is 28.4. The van der Waals surface area contributed by atoms with Gasteiger partial charge in [0.2, 0.25) is 10.0 Å². The van der Waals surface area contributed by atoms with Crippen LogP contribution in [0.3, 0.4) is 0 Å². The molecule has 1 aromatic carbocycles. The fourth-order valence-electron chi connectivity index (χ4n) is 2.64. The summed E-state index contributed by atoms with van der Waals surface area (Å²) in [5.41, 5.74) is 6.91. The lowest BCUT2D eigenvalue weighted by atomic mass is 10.0. The number of hydrogen-bond donors (Lipinski definition) is 2. The number of nitrogen functional groups attached to an aromatic ring is 1. The van der Waals surface area contributed by atoms with Crippen molar-refractivity contribution in [2.45, 2.75) is 37.1 Å². The molecule has 7 heteroatoms. The van der Waals surface area contributed by atoms with Crippen LogP contribution in [0.15, 0.2) is 21.5 Å². The Morgan fingerprint density at radius 1 is 1.43 bits per heavy atom. The van der Waals surface area contributed by atoms with Gasteiger partial charge < -0.3 is 10.6 Å². The lowest BCUT2D eigenvalue weighted by Crippen LogP contribution is -2.44. The third-order valence-electron chi connectivity index (χ3n) is 4.08. The molecule has 1 aliphatic heterocycles. The molecule has 21 heavy (non-hydrogen) atoms. The minimum atomic E-state index is -3.55. The van der Waals surface area contributed by atoms with Gasteiger partial charge in [-0.1, -0.05) is 22.4 Å². The molecule has 1 aliphatic rings. The molecule has 0 aromatic heterocycles. The topological polar surface area (TPSA) is 75.4 Å². The average Bonchev–Trinajstić information content (AvgIpc) is 2.42. The number of nitrogens with one attached hydrogen (secondary N) is 1. The van der Waals surface area contributed by atoms with Gasteiger partial charge >= 0.3 is 0 Å². The average molecular weight is 376 g/mol. The molecule has 0 bridgehead atoms. The zero-order valence-electron chi connectivity index (χ0n) is 12.4. The Morgan fingerprint density at radius 3 is 2.81 bits per heavy atom. The first kappa shape index (κ1) is 16.7. The second-order valence-electron chi connectivity index (χ2n) is 5.60. The van der Waals surface area contributed by atoms with Gasteiger partial charge in [0.25, 0.3) is 0 Å². The van der Waals surface area contributed by atoms with Gasteiger partial charge in [-0.05, 0) is 51.1 Å². The number of piperidine rings is 1. The number of halogens is 1. The molecule has 2 rings (SSSR count). The summed E-state index contributed by atoms with van der Waals surface area (Å²) in [6, 6.07) is 3.57. The molecule has 1 fully saturated rings. The summed E-state index contributed by atoms with van der Waals surface area (Å²) in [5.74, 6) is 0. The van der Waals surface area contributed by atoms with Crippen LogP contribution < -0.4 is 10.5 Å². The summed E-state index contributed by atoms with van der Waals surface area (Å²) in [5, 5.41) is 0. The van der Waals surface area contributed by atoms with Crippen LogP contribution in [0.4, 0.5) is 5.69 Å². The van der Waals surface area contributed by atoms with Crippen LogP contribution in [0, 0.1) is 6.92 Å². The van der Waals surface area contributed by atoms with E-state index in [1.165, 1.54) is 6.42 Å². The van der Waals surface area contributed by atoms with Gasteiger partial charge in [-0.15, -0.1) is 0 Å². The number of rotatable bonds is 4. The summed E-state index contributed by atoms with van der Waals surface area (Å²) in [7, 11) is -1.50. The highest BCUT2D eigenvalue weighted by Gasteiger charge is 2.23. The van der Waals surface area contributed by atoms with Crippen molar-refractivity contribution in [3.8, 4) is 0 Å². The van der Waals surface area contributed by atoms with E-state index < -0.39 is 10.0 Å². The Morgan fingerprint density at radius 2 is 2.14 bits per heavy atom. The normalized spacial score (nSPS) is 20.6. The van der Waals surface area contributed by atoms with Crippen LogP contribution in [0.5, 0.6) is 0 Å². The number of nitrogens with two attached hydrogens (primary N) is 1. The molecule has 0 aliphatic carbocycles. The SMILES string of the molecule is Cc1c(N)cc(Br)cc1S(=O)(=O)NCC1CCCCN1C. The van der Waals surface area contributed by atoms with Gasteiger partial charge in [0.05, 0.1) is 4.90 Å². The summed E-state index contributed by atoms with van der Waals surface area (Å²) >= 11 is 3.30. The van der Waals surface area contributed by atoms with Crippen molar-refractivity contribution in [3.05, 3.63) is 22.2 Å². The van der Waals surface area contributed by atoms with Crippen LogP contribution in [-0.2, 0) is 10.0 Å². The highest BCUT2D eigenvalue weighted by Crippen LogP contribution is 2.26. The lowest BCUT2D eigenvalue weighted by Gasteiger charge is -2.32. The maximum atomic E-state index is 12.5. The number of hydrogen-bond acceptors (Lipinski definition) is 4. The van der Waals surface area contributed by atoms with Crippen molar-refractivity contribution in [3.63, 3.8) is 0 Å². The van der Waals surface area contributed by atoms with Crippen molar-refractivity contribution in [2.24, 2.45) is 0 Å². The van der Waals surface area contributed by atoms with Crippen molar-refractivity contribution in [1.29, 1.82) is 0 Å². The van der Waals surface area contributed by atoms with E-state index in [0.717, 1.165) is 19.4 Å². The third kappa shape index (κ3) is 3.97. The minimum absolute atomic E-state index is 0.243. The first-order chi connectivity index (χ1) is 9.81. The summed E-state index contributed by atoms with van der Waals surface area (Å²) in [4.78, 5) is 2.46. The van der Waals surface area contributed by atoms with E-state index >= 15 is 0 Å². The van der Waals surface area contributed by atoms with E-state index in [4.69, 9.17) is 5.73 Å². The fraction of sp³-hybridized carbons (Fsp3) is 0.571. The van der Waals surface area contributed by atoms with Crippen LogP contribution in [0.2, 0.25) is 0 Å². The number of anilines is 1. The second-order valence-corrected chi connectivity index (χ2v) is 8.25. The first-order valence-corrected chi connectivity index (χ1v) is 9.34. The molecular weight excluding hydrogens is 354 g/mol. The van der Waals surface area contributed by atoms with Gasteiger partial charge in [-0.25, -0.2) is 13.1 Å². The van der Waals surface area contributed by atoms with Crippen molar-refractivity contribution >= 4 is 31.6 Å². The van der Waals surface area contributed by atoms with E-state index in [1.54, 1.807) is 19.1 Å². The van der Waals surface area contributed by atoms with Crippen LogP contribution in [0.1, 0.15) is 24.8 Å². The maximum Gasteiger partial charge on any atom is 0.240 e. The van der Waals surface area contributed by atoms with Crippen LogP contribution in [0.25, 0.3) is 0 Å².